The maximum Gasteiger partial charge on any atom is 0.244 e. The molecule has 0 aromatic heterocycles. The van der Waals surface area contributed by atoms with Gasteiger partial charge in [-0.05, 0) is 32.9 Å². The molecule has 0 saturated carbocycles. The Kier molecular flexibility index (Phi) is 4.81. The highest BCUT2D eigenvalue weighted by Gasteiger charge is 2.26. The van der Waals surface area contributed by atoms with Crippen molar-refractivity contribution in [1.82, 2.24) is 4.31 Å². The number of carbonyl (C=O) groups is 1. The Bertz CT molecular complexity index is 598. The summed E-state index contributed by atoms with van der Waals surface area (Å²) in [5, 5.41) is 8.71. The fourth-order valence-electron chi connectivity index (χ4n) is 1.61. The molecule has 0 radical (unpaired) electrons. The van der Waals surface area contributed by atoms with Gasteiger partial charge in [0.25, 0.3) is 0 Å². The maximum absolute atomic E-state index is 12.3. The van der Waals surface area contributed by atoms with Gasteiger partial charge < -0.3 is 0 Å². The quantitative estimate of drug-likeness (QED) is 0.608. The van der Waals surface area contributed by atoms with Crippen LogP contribution in [0.3, 0.4) is 0 Å². The maximum atomic E-state index is 12.3. The van der Waals surface area contributed by atoms with E-state index in [-0.39, 0.29) is 23.3 Å². The van der Waals surface area contributed by atoms with Gasteiger partial charge in [0.1, 0.15) is 6.54 Å². The van der Waals surface area contributed by atoms with E-state index in [1.54, 1.807) is 13.8 Å². The number of Topliss-reactive ketones (excluding diaryl/α,β-unsaturated/α-hetero) is 1. The monoisotopic (exact) mass is 280 g/mol. The van der Waals surface area contributed by atoms with Crippen molar-refractivity contribution in [2.45, 2.75) is 31.7 Å². The molecule has 0 amide bonds. The van der Waals surface area contributed by atoms with Crippen molar-refractivity contribution in [3.05, 3.63) is 29.8 Å². The summed E-state index contributed by atoms with van der Waals surface area (Å²) in [5.41, 5.74) is 0.454. The summed E-state index contributed by atoms with van der Waals surface area (Å²) < 4.78 is 25.8. The number of nitrogens with zero attached hydrogens (tertiary/aromatic N) is 2. The Hall–Kier alpha value is -1.71. The van der Waals surface area contributed by atoms with Crippen LogP contribution in [0.15, 0.2) is 29.2 Å². The largest absolute Gasteiger partial charge is 0.295 e. The molecule has 0 aliphatic carbocycles. The number of nitriles is 1. The van der Waals surface area contributed by atoms with Gasteiger partial charge in [-0.2, -0.15) is 9.57 Å². The summed E-state index contributed by atoms with van der Waals surface area (Å²) in [4.78, 5) is 11.2. The average molecular weight is 280 g/mol. The highest BCUT2D eigenvalue weighted by molar-refractivity contribution is 7.89. The van der Waals surface area contributed by atoms with Gasteiger partial charge in [-0.1, -0.05) is 12.1 Å². The molecule has 19 heavy (non-hydrogen) atoms. The number of sulfonamides is 1. The van der Waals surface area contributed by atoms with E-state index >= 15 is 0 Å². The fraction of sp³-hybridized carbons (Fsp3) is 0.385. The number of benzene rings is 1. The molecule has 0 bridgehead atoms. The molecule has 0 aliphatic heterocycles. The zero-order valence-corrected chi connectivity index (χ0v) is 11.9. The Labute approximate surface area is 113 Å². The molecule has 1 rings (SSSR count). The van der Waals surface area contributed by atoms with E-state index in [1.807, 2.05) is 6.07 Å². The lowest BCUT2D eigenvalue weighted by atomic mass is 10.2. The molecule has 102 valence electrons. The van der Waals surface area contributed by atoms with E-state index in [9.17, 15) is 13.2 Å². The standard InChI is InChI=1S/C13H16N2O3S/c1-10(2)15(9-8-14)19(17,18)13-6-4-12(5-7-13)11(3)16/h4-7,10H,9H2,1-3H3. The van der Waals surface area contributed by atoms with E-state index in [2.05, 4.69) is 0 Å². The molecule has 1 aromatic carbocycles. The van der Waals surface area contributed by atoms with Gasteiger partial charge in [-0.25, -0.2) is 8.42 Å². The van der Waals surface area contributed by atoms with Crippen LogP contribution in [-0.2, 0) is 10.0 Å². The third-order valence-corrected chi connectivity index (χ3v) is 4.71. The van der Waals surface area contributed by atoms with Gasteiger partial charge in [0.2, 0.25) is 10.0 Å². The van der Waals surface area contributed by atoms with Crippen molar-refractivity contribution in [2.24, 2.45) is 0 Å². The second-order valence-corrected chi connectivity index (χ2v) is 6.27. The van der Waals surface area contributed by atoms with Crippen LogP contribution in [0.1, 0.15) is 31.1 Å². The van der Waals surface area contributed by atoms with Crippen LogP contribution in [0, 0.1) is 11.3 Å². The Balaban J connectivity index is 3.19. The van der Waals surface area contributed by atoms with Crippen molar-refractivity contribution in [3.8, 4) is 6.07 Å². The molecule has 0 fully saturated rings. The number of ketones is 1. The summed E-state index contributed by atoms with van der Waals surface area (Å²) in [6, 6.07) is 7.26. The van der Waals surface area contributed by atoms with E-state index in [0.717, 1.165) is 4.31 Å². The van der Waals surface area contributed by atoms with Crippen LogP contribution >= 0.6 is 0 Å². The van der Waals surface area contributed by atoms with E-state index in [0.29, 0.717) is 5.56 Å². The molecule has 0 heterocycles. The van der Waals surface area contributed by atoms with Crippen LogP contribution in [0.25, 0.3) is 0 Å². The topological polar surface area (TPSA) is 78.2 Å². The minimum Gasteiger partial charge on any atom is -0.295 e. The third-order valence-electron chi connectivity index (χ3n) is 2.67. The summed E-state index contributed by atoms with van der Waals surface area (Å²) >= 11 is 0. The number of rotatable bonds is 5. The fourth-order valence-corrected chi connectivity index (χ4v) is 3.15. The Morgan fingerprint density at radius 1 is 1.32 bits per heavy atom. The van der Waals surface area contributed by atoms with Gasteiger partial charge in [0, 0.05) is 11.6 Å². The second kappa shape index (κ2) is 5.95. The molecule has 0 spiro atoms. The van der Waals surface area contributed by atoms with Crippen LogP contribution < -0.4 is 0 Å². The molecule has 6 heteroatoms. The first kappa shape index (κ1) is 15.3. The predicted molar refractivity (Wildman–Crippen MR) is 71.1 cm³/mol. The molecular weight excluding hydrogens is 264 g/mol. The molecule has 0 aliphatic rings. The highest BCUT2D eigenvalue weighted by atomic mass is 32.2. The van der Waals surface area contributed by atoms with Crippen molar-refractivity contribution >= 4 is 15.8 Å². The number of hydrogen-bond acceptors (Lipinski definition) is 4. The SMILES string of the molecule is CC(=O)c1ccc(S(=O)(=O)N(CC#N)C(C)C)cc1. The first-order valence-corrected chi connectivity index (χ1v) is 7.24. The van der Waals surface area contributed by atoms with Crippen LogP contribution in [0.4, 0.5) is 0 Å². The summed E-state index contributed by atoms with van der Waals surface area (Å²) in [7, 11) is -3.71. The molecule has 5 nitrogen and oxygen atoms in total. The van der Waals surface area contributed by atoms with Crippen molar-refractivity contribution < 1.29 is 13.2 Å². The minimum atomic E-state index is -3.71. The first-order chi connectivity index (χ1) is 8.80. The lowest BCUT2D eigenvalue weighted by Crippen LogP contribution is -2.37. The van der Waals surface area contributed by atoms with Crippen molar-refractivity contribution in [3.63, 3.8) is 0 Å². The minimum absolute atomic E-state index is 0.0847. The lowest BCUT2D eigenvalue weighted by Gasteiger charge is -2.23. The molecule has 0 saturated heterocycles. The van der Waals surface area contributed by atoms with Crippen LogP contribution in [0.2, 0.25) is 0 Å². The molecule has 0 N–H and O–H groups in total. The Morgan fingerprint density at radius 2 is 1.84 bits per heavy atom. The Morgan fingerprint density at radius 3 is 2.21 bits per heavy atom. The lowest BCUT2D eigenvalue weighted by molar-refractivity contribution is 0.101. The zero-order valence-electron chi connectivity index (χ0n) is 11.1. The van der Waals surface area contributed by atoms with E-state index in [4.69, 9.17) is 5.26 Å². The van der Waals surface area contributed by atoms with Crippen LogP contribution in [-0.4, -0.2) is 31.1 Å². The number of hydrogen-bond donors (Lipinski definition) is 0. The third kappa shape index (κ3) is 3.40. The van der Waals surface area contributed by atoms with Crippen LogP contribution in [0.5, 0.6) is 0 Å². The average Bonchev–Trinajstić information content (AvgIpc) is 2.35. The van der Waals surface area contributed by atoms with Gasteiger partial charge in [-0.15, -0.1) is 0 Å². The normalized spacial score (nSPS) is 11.6. The second-order valence-electron chi connectivity index (χ2n) is 4.38. The molecule has 0 unspecified atom stereocenters. The van der Waals surface area contributed by atoms with Crippen molar-refractivity contribution in [1.29, 1.82) is 5.26 Å². The summed E-state index contributed by atoms with van der Waals surface area (Å²) in [6.07, 6.45) is 0. The number of carbonyl (C=O) groups excluding carboxylic acids is 1. The summed E-state index contributed by atoms with van der Waals surface area (Å²) in [6.45, 7) is 4.63. The van der Waals surface area contributed by atoms with Crippen molar-refractivity contribution in [2.75, 3.05) is 6.54 Å². The van der Waals surface area contributed by atoms with Gasteiger partial charge in [0.15, 0.2) is 5.78 Å². The first-order valence-electron chi connectivity index (χ1n) is 5.80. The smallest absolute Gasteiger partial charge is 0.244 e. The highest BCUT2D eigenvalue weighted by Crippen LogP contribution is 2.18. The van der Waals surface area contributed by atoms with Gasteiger partial charge in [-0.3, -0.25) is 4.79 Å². The molecule has 0 atom stereocenters. The molecule has 1 aromatic rings. The summed E-state index contributed by atoms with van der Waals surface area (Å²) in [5.74, 6) is -0.123. The predicted octanol–water partition coefficient (Wildman–Crippen LogP) is 1.81. The van der Waals surface area contributed by atoms with Gasteiger partial charge >= 0.3 is 0 Å². The molecular formula is C13H16N2O3S. The van der Waals surface area contributed by atoms with Gasteiger partial charge in [0.05, 0.1) is 11.0 Å². The zero-order chi connectivity index (χ0) is 14.6. The van der Waals surface area contributed by atoms with E-state index in [1.165, 1.54) is 31.2 Å². The van der Waals surface area contributed by atoms with E-state index < -0.39 is 10.0 Å².